The number of H-pyrrole nitrogens is 2. The van der Waals surface area contributed by atoms with Gasteiger partial charge in [-0.3, -0.25) is 24.4 Å². The van der Waals surface area contributed by atoms with Gasteiger partial charge >= 0.3 is 5.69 Å². The molecule has 4 atom stereocenters. The van der Waals surface area contributed by atoms with Gasteiger partial charge in [0.25, 0.3) is 16.4 Å². The van der Waals surface area contributed by atoms with Crippen LogP contribution in [0.1, 0.15) is 38.8 Å². The molecular weight excluding hydrogens is 492 g/mol. The molecule has 0 bridgehead atoms. The van der Waals surface area contributed by atoms with Gasteiger partial charge in [-0.15, -0.1) is 0 Å². The lowest BCUT2D eigenvalue weighted by molar-refractivity contribution is -0.0524. The number of nitrogens with zero attached hydrogens (tertiary/aromatic N) is 2. The number of aromatic nitrogens is 4. The second kappa shape index (κ2) is 11.2. The number of aromatic amines is 2. The number of aliphatic hydroxyl groups excluding tert-OH is 3. The second-order valence-corrected chi connectivity index (χ2v) is 8.71. The number of unbranched alkanes of at least 4 members (excludes halogenated alkanes) is 3. The van der Waals surface area contributed by atoms with Crippen molar-refractivity contribution in [3.05, 3.63) is 41.3 Å². The average molecular weight is 523 g/mol. The van der Waals surface area contributed by atoms with Crippen molar-refractivity contribution in [2.45, 2.75) is 57.1 Å². The van der Waals surface area contributed by atoms with Crippen LogP contribution in [0.3, 0.4) is 0 Å². The van der Waals surface area contributed by atoms with Gasteiger partial charge in [0.15, 0.2) is 23.1 Å². The van der Waals surface area contributed by atoms with Gasteiger partial charge < -0.3 is 35.4 Å². The molecule has 4 rings (SSSR count). The number of aliphatic hydroxyl groups is 3. The van der Waals surface area contributed by atoms with Gasteiger partial charge in [-0.1, -0.05) is 12.8 Å². The van der Waals surface area contributed by atoms with Crippen LogP contribution in [-0.4, -0.2) is 79.5 Å². The minimum atomic E-state index is -1.51. The Morgan fingerprint density at radius 3 is 2.35 bits per heavy atom. The normalized spacial score (nSPS) is 21.6. The summed E-state index contributed by atoms with van der Waals surface area (Å²) >= 11 is 0. The Morgan fingerprint density at radius 2 is 1.70 bits per heavy atom. The molecule has 1 aromatic carbocycles. The van der Waals surface area contributed by atoms with Crippen LogP contribution < -0.4 is 37.5 Å². The third-order valence-electron chi connectivity index (χ3n) is 6.20. The lowest BCUT2D eigenvalue weighted by Crippen LogP contribution is -2.36. The molecule has 0 spiro atoms. The molecule has 3 aromatic rings. The van der Waals surface area contributed by atoms with Gasteiger partial charge in [0.05, 0.1) is 13.2 Å². The van der Waals surface area contributed by atoms with Crippen molar-refractivity contribution >= 4 is 22.8 Å². The van der Waals surface area contributed by atoms with Crippen LogP contribution in [0, 0.1) is 0 Å². The fraction of sp³-hybridized carbons (Fsp3) is 0.591. The van der Waals surface area contributed by atoms with Gasteiger partial charge in [0.1, 0.15) is 24.0 Å². The molecular formula is C22H30N6O9. The highest BCUT2D eigenvalue weighted by atomic mass is 16.6. The maximum absolute atomic E-state index is 12.5. The molecule has 0 saturated carbocycles. The van der Waals surface area contributed by atoms with E-state index in [0.717, 1.165) is 30.3 Å². The van der Waals surface area contributed by atoms with Crippen LogP contribution in [0.25, 0.3) is 11.2 Å². The van der Waals surface area contributed by atoms with Crippen molar-refractivity contribution in [3.63, 3.8) is 0 Å². The fourth-order valence-electron chi connectivity index (χ4n) is 4.26. The topological polar surface area (TPSA) is 221 Å². The molecule has 7 N–H and O–H groups in total. The van der Waals surface area contributed by atoms with E-state index in [1.807, 2.05) is 0 Å². The first-order valence-corrected chi connectivity index (χ1v) is 12.1. The van der Waals surface area contributed by atoms with Crippen LogP contribution in [-0.2, 0) is 4.74 Å². The van der Waals surface area contributed by atoms with E-state index in [1.165, 1.54) is 0 Å². The molecule has 1 aliphatic rings. The van der Waals surface area contributed by atoms with Crippen molar-refractivity contribution in [2.24, 2.45) is 0 Å². The molecule has 0 aliphatic carbocycles. The molecule has 15 heteroatoms. The molecule has 1 fully saturated rings. The molecule has 202 valence electrons. The first-order chi connectivity index (χ1) is 17.8. The smallest absolute Gasteiger partial charge is 0.330 e. The Bertz CT molecular complexity index is 1420. The molecule has 1 saturated heterocycles. The monoisotopic (exact) mass is 522 g/mol. The van der Waals surface area contributed by atoms with E-state index < -0.39 is 53.3 Å². The number of nitrogens with one attached hydrogen (secondary N) is 4. The standard InChI is InChI=1S/C22H30N6O9/c1-2-36-17-11(14(31)15(17)32)23-7-5-3-4-6-8-24-21-26-18-12(19(34)27-21)25-22(35)28(18)20-16(33)13(30)10(9-29)37-20/h10,13,16,20,23,29-30,33H,2-9H2,1H3,(H,25,35)(H2,24,26,27,34)/t10-,13-,16-,20-/m1/s1. The Labute approximate surface area is 208 Å². The van der Waals surface area contributed by atoms with Crippen LogP contribution >= 0.6 is 0 Å². The van der Waals surface area contributed by atoms with Crippen molar-refractivity contribution in [1.29, 1.82) is 0 Å². The Kier molecular flexibility index (Phi) is 8.06. The molecule has 3 heterocycles. The zero-order valence-electron chi connectivity index (χ0n) is 20.2. The Hall–Kier alpha value is -3.53. The van der Waals surface area contributed by atoms with E-state index in [-0.39, 0.29) is 28.5 Å². The highest BCUT2D eigenvalue weighted by Crippen LogP contribution is 2.29. The zero-order valence-corrected chi connectivity index (χ0v) is 20.2. The van der Waals surface area contributed by atoms with Gasteiger partial charge in [0.2, 0.25) is 5.95 Å². The van der Waals surface area contributed by atoms with Crippen LogP contribution in [0.5, 0.6) is 5.75 Å². The van der Waals surface area contributed by atoms with E-state index in [9.17, 15) is 34.5 Å². The first-order valence-electron chi connectivity index (χ1n) is 12.1. The molecule has 15 nitrogen and oxygen atoms in total. The molecule has 37 heavy (non-hydrogen) atoms. The Balaban J connectivity index is 1.29. The summed E-state index contributed by atoms with van der Waals surface area (Å²) in [5, 5.41) is 35.6. The van der Waals surface area contributed by atoms with Crippen LogP contribution in [0.2, 0.25) is 0 Å². The van der Waals surface area contributed by atoms with Gasteiger partial charge in [-0.05, 0) is 19.8 Å². The van der Waals surface area contributed by atoms with E-state index in [0.29, 0.717) is 19.7 Å². The van der Waals surface area contributed by atoms with Crippen molar-refractivity contribution in [3.8, 4) is 5.75 Å². The fourth-order valence-corrected chi connectivity index (χ4v) is 4.26. The summed E-state index contributed by atoms with van der Waals surface area (Å²) in [6.07, 6.45) is -2.16. The minimum Gasteiger partial charge on any atom is -0.488 e. The van der Waals surface area contributed by atoms with E-state index in [2.05, 4.69) is 25.6 Å². The molecule has 0 amide bonds. The largest absolute Gasteiger partial charge is 0.488 e. The van der Waals surface area contributed by atoms with Crippen LogP contribution in [0.4, 0.5) is 11.6 Å². The minimum absolute atomic E-state index is 0.0677. The van der Waals surface area contributed by atoms with E-state index >= 15 is 0 Å². The lowest BCUT2D eigenvalue weighted by atomic mass is 10.1. The molecule has 2 aromatic heterocycles. The highest BCUT2D eigenvalue weighted by molar-refractivity contribution is 5.71. The number of fused-ring (bicyclic) bond motifs is 1. The number of ether oxygens (including phenoxy) is 2. The van der Waals surface area contributed by atoms with E-state index in [4.69, 9.17) is 9.47 Å². The SMILES string of the molecule is CCOc1c(NCCCCCCNc2nc3c([nH]c(=O)n3[C@@H]3O[C@H](CO)[C@@H](O)[C@H]3O)c(=O)[nH]2)c(=O)c1=O. The van der Waals surface area contributed by atoms with Crippen molar-refractivity contribution in [2.75, 3.05) is 36.9 Å². The predicted octanol–water partition coefficient (Wildman–Crippen LogP) is -1.90. The lowest BCUT2D eigenvalue weighted by Gasteiger charge is -2.16. The predicted molar refractivity (Wildman–Crippen MR) is 132 cm³/mol. The molecule has 0 radical (unpaired) electrons. The van der Waals surface area contributed by atoms with Gasteiger partial charge in [-0.2, -0.15) is 4.98 Å². The summed E-state index contributed by atoms with van der Waals surface area (Å²) in [5.74, 6) is 0.212. The number of rotatable bonds is 13. The summed E-state index contributed by atoms with van der Waals surface area (Å²) < 4.78 is 11.5. The van der Waals surface area contributed by atoms with Gasteiger partial charge in [-0.25, -0.2) is 9.36 Å². The number of hydrogen-bond donors (Lipinski definition) is 7. The summed E-state index contributed by atoms with van der Waals surface area (Å²) in [7, 11) is 0. The van der Waals surface area contributed by atoms with E-state index in [1.54, 1.807) is 6.92 Å². The maximum Gasteiger partial charge on any atom is 0.330 e. The number of imidazole rings is 1. The highest BCUT2D eigenvalue weighted by Gasteiger charge is 2.44. The quantitative estimate of drug-likeness (QED) is 0.0967. The van der Waals surface area contributed by atoms with Crippen LogP contribution in [0.15, 0.2) is 19.2 Å². The average Bonchev–Trinajstić information content (AvgIpc) is 3.36. The first kappa shape index (κ1) is 26.5. The number of hydrogen-bond acceptors (Lipinski definition) is 12. The number of anilines is 2. The third-order valence-corrected chi connectivity index (χ3v) is 6.20. The van der Waals surface area contributed by atoms with Gasteiger partial charge in [0, 0.05) is 13.1 Å². The third kappa shape index (κ3) is 5.16. The molecule has 0 unspecified atom stereocenters. The summed E-state index contributed by atoms with van der Waals surface area (Å²) in [5.41, 5.74) is -2.47. The van der Waals surface area contributed by atoms with Crippen molar-refractivity contribution in [1.82, 2.24) is 19.5 Å². The zero-order chi connectivity index (χ0) is 26.7. The summed E-state index contributed by atoms with van der Waals surface area (Å²) in [4.78, 5) is 57.2. The second-order valence-electron chi connectivity index (χ2n) is 8.71. The van der Waals surface area contributed by atoms with Crippen molar-refractivity contribution < 1.29 is 24.8 Å². The summed E-state index contributed by atoms with van der Waals surface area (Å²) in [6.45, 7) is 2.48. The maximum atomic E-state index is 12.5. The summed E-state index contributed by atoms with van der Waals surface area (Å²) in [6, 6.07) is 0. The molecule has 1 aliphatic heterocycles. The Morgan fingerprint density at radius 1 is 1.00 bits per heavy atom.